The first-order valence-electron chi connectivity index (χ1n) is 9.34. The molecule has 0 saturated heterocycles. The third-order valence-electron chi connectivity index (χ3n) is 4.97. The summed E-state index contributed by atoms with van der Waals surface area (Å²) in [6.07, 6.45) is 1.63. The van der Waals surface area contributed by atoms with E-state index in [2.05, 4.69) is 0 Å². The Kier molecular flexibility index (Phi) is 4.40. The van der Waals surface area contributed by atoms with E-state index in [1.807, 2.05) is 6.92 Å². The zero-order valence-electron chi connectivity index (χ0n) is 16.1. The van der Waals surface area contributed by atoms with Crippen molar-refractivity contribution in [1.82, 2.24) is 0 Å². The predicted molar refractivity (Wildman–Crippen MR) is 111 cm³/mol. The van der Waals surface area contributed by atoms with Gasteiger partial charge in [0, 0.05) is 0 Å². The molecular weight excluding hydrogens is 404 g/mol. The molecule has 2 aliphatic rings. The van der Waals surface area contributed by atoms with E-state index in [0.717, 1.165) is 5.56 Å². The molecule has 0 bridgehead atoms. The first-order valence-corrected chi connectivity index (χ1v) is 10.8. The molecular formula is C23H18O6S. The van der Waals surface area contributed by atoms with Crippen LogP contribution in [0.4, 0.5) is 0 Å². The highest BCUT2D eigenvalue weighted by Gasteiger charge is 2.25. The molecule has 0 aromatic heterocycles. The fourth-order valence-electron chi connectivity index (χ4n) is 3.36. The predicted octanol–water partition coefficient (Wildman–Crippen LogP) is 4.42. The van der Waals surface area contributed by atoms with Gasteiger partial charge < -0.3 is 18.9 Å². The molecule has 7 heteroatoms. The van der Waals surface area contributed by atoms with Gasteiger partial charge in [0.1, 0.15) is 0 Å². The molecule has 0 spiro atoms. The minimum absolute atomic E-state index is 0.116. The van der Waals surface area contributed by atoms with Gasteiger partial charge >= 0.3 is 0 Å². The van der Waals surface area contributed by atoms with Crippen LogP contribution in [0.25, 0.3) is 11.0 Å². The maximum absolute atomic E-state index is 13.6. The van der Waals surface area contributed by atoms with Crippen LogP contribution >= 0.6 is 0 Å². The Morgan fingerprint density at radius 2 is 1.37 bits per heavy atom. The number of fused-ring (bicyclic) bond motifs is 2. The lowest BCUT2D eigenvalue weighted by Crippen LogP contribution is -2.04. The van der Waals surface area contributed by atoms with E-state index in [0.29, 0.717) is 34.1 Å². The maximum atomic E-state index is 13.6. The molecule has 0 atom stereocenters. The van der Waals surface area contributed by atoms with Crippen LogP contribution in [0.15, 0.2) is 65.6 Å². The molecule has 0 saturated carbocycles. The summed E-state index contributed by atoms with van der Waals surface area (Å²) in [7, 11) is -3.81. The Morgan fingerprint density at radius 3 is 2.07 bits per heavy atom. The third-order valence-corrected chi connectivity index (χ3v) is 6.80. The molecule has 3 aromatic carbocycles. The van der Waals surface area contributed by atoms with E-state index in [1.165, 1.54) is 0 Å². The summed E-state index contributed by atoms with van der Waals surface area (Å²) in [4.78, 5) is 0.376. The average molecular weight is 422 g/mol. The summed E-state index contributed by atoms with van der Waals surface area (Å²) < 4.78 is 48.8. The Morgan fingerprint density at radius 1 is 0.767 bits per heavy atom. The summed E-state index contributed by atoms with van der Waals surface area (Å²) >= 11 is 0. The van der Waals surface area contributed by atoms with Crippen LogP contribution in [-0.2, 0) is 9.84 Å². The molecule has 0 aliphatic carbocycles. The van der Waals surface area contributed by atoms with Gasteiger partial charge in [-0.1, -0.05) is 23.8 Å². The number of hydrogen-bond acceptors (Lipinski definition) is 6. The topological polar surface area (TPSA) is 71.1 Å². The van der Waals surface area contributed by atoms with Crippen LogP contribution in [0.2, 0.25) is 0 Å². The van der Waals surface area contributed by atoms with Gasteiger partial charge in [-0.2, -0.15) is 0 Å². The summed E-state index contributed by atoms with van der Waals surface area (Å²) in [5.74, 6) is 2.33. The van der Waals surface area contributed by atoms with Gasteiger partial charge in [-0.25, -0.2) is 8.42 Å². The quantitative estimate of drug-likeness (QED) is 0.580. The molecule has 2 aliphatic heterocycles. The second kappa shape index (κ2) is 7.11. The number of rotatable bonds is 4. The van der Waals surface area contributed by atoms with Crippen molar-refractivity contribution in [3.05, 3.63) is 77.4 Å². The summed E-state index contributed by atoms with van der Waals surface area (Å²) in [5, 5.41) is 0. The molecule has 0 N–H and O–H groups in total. The molecule has 6 nitrogen and oxygen atoms in total. The summed E-state index contributed by atoms with van der Waals surface area (Å²) in [6.45, 7) is 2.18. The normalized spacial score (nSPS) is 14.8. The molecule has 0 unspecified atom stereocenters. The van der Waals surface area contributed by atoms with Crippen molar-refractivity contribution in [2.45, 2.75) is 11.8 Å². The largest absolute Gasteiger partial charge is 0.454 e. The molecule has 30 heavy (non-hydrogen) atoms. The van der Waals surface area contributed by atoms with Crippen molar-refractivity contribution in [2.24, 2.45) is 0 Å². The van der Waals surface area contributed by atoms with Crippen LogP contribution in [0.1, 0.15) is 16.7 Å². The van der Waals surface area contributed by atoms with E-state index in [9.17, 15) is 8.42 Å². The van der Waals surface area contributed by atoms with E-state index in [1.54, 1.807) is 66.7 Å². The van der Waals surface area contributed by atoms with E-state index in [-0.39, 0.29) is 23.4 Å². The summed E-state index contributed by atoms with van der Waals surface area (Å²) in [5.41, 5.74) is 2.18. The lowest BCUT2D eigenvalue weighted by atomic mass is 10.1. The molecule has 152 valence electrons. The van der Waals surface area contributed by atoms with Crippen molar-refractivity contribution in [3.63, 3.8) is 0 Å². The van der Waals surface area contributed by atoms with E-state index >= 15 is 0 Å². The van der Waals surface area contributed by atoms with Crippen molar-refractivity contribution >= 4 is 20.8 Å². The van der Waals surface area contributed by atoms with Gasteiger partial charge in [0.25, 0.3) is 0 Å². The number of hydrogen-bond donors (Lipinski definition) is 0. The Balaban J connectivity index is 1.67. The number of ether oxygens (including phenoxy) is 4. The average Bonchev–Trinajstić information content (AvgIpc) is 3.40. The Hall–Kier alpha value is -3.45. The van der Waals surface area contributed by atoms with Gasteiger partial charge in [-0.15, -0.1) is 0 Å². The van der Waals surface area contributed by atoms with Crippen molar-refractivity contribution in [2.75, 3.05) is 13.6 Å². The SMILES string of the molecule is Cc1ccc(S(=O)(=O)/C(=C/c2ccc3c(c2)OCO3)c2ccc3c(c2)OCO3)cc1. The highest BCUT2D eigenvalue weighted by atomic mass is 32.2. The number of sulfone groups is 1. The fraction of sp³-hybridized carbons (Fsp3) is 0.130. The second-order valence-corrected chi connectivity index (χ2v) is 8.92. The van der Waals surface area contributed by atoms with Crippen LogP contribution < -0.4 is 18.9 Å². The van der Waals surface area contributed by atoms with Crippen LogP contribution in [-0.4, -0.2) is 22.0 Å². The molecule has 2 heterocycles. The van der Waals surface area contributed by atoms with E-state index in [4.69, 9.17) is 18.9 Å². The van der Waals surface area contributed by atoms with Crippen LogP contribution in [0, 0.1) is 6.92 Å². The monoisotopic (exact) mass is 422 g/mol. The zero-order chi connectivity index (χ0) is 20.7. The molecule has 5 rings (SSSR count). The van der Waals surface area contributed by atoms with Crippen molar-refractivity contribution < 1.29 is 27.4 Å². The Labute approximate surface area is 174 Å². The highest BCUT2D eigenvalue weighted by Crippen LogP contribution is 2.39. The van der Waals surface area contributed by atoms with Crippen molar-refractivity contribution in [3.8, 4) is 23.0 Å². The van der Waals surface area contributed by atoms with Crippen LogP contribution in [0.5, 0.6) is 23.0 Å². The lowest BCUT2D eigenvalue weighted by molar-refractivity contribution is 0.173. The van der Waals surface area contributed by atoms with Gasteiger partial charge in [-0.05, 0) is 66.6 Å². The summed E-state index contributed by atoms with van der Waals surface area (Å²) in [6, 6.07) is 17.3. The smallest absolute Gasteiger partial charge is 0.231 e. The fourth-order valence-corrected chi connectivity index (χ4v) is 4.84. The lowest BCUT2D eigenvalue weighted by Gasteiger charge is -2.12. The molecule has 0 fully saturated rings. The Bertz CT molecular complexity index is 1260. The minimum Gasteiger partial charge on any atom is -0.454 e. The highest BCUT2D eigenvalue weighted by molar-refractivity contribution is 8.00. The number of aryl methyl sites for hydroxylation is 1. The maximum Gasteiger partial charge on any atom is 0.231 e. The van der Waals surface area contributed by atoms with Gasteiger partial charge in [0.2, 0.25) is 23.4 Å². The molecule has 0 radical (unpaired) electrons. The van der Waals surface area contributed by atoms with Gasteiger partial charge in [-0.3, -0.25) is 0 Å². The molecule has 0 amide bonds. The third kappa shape index (κ3) is 3.27. The van der Waals surface area contributed by atoms with Gasteiger partial charge in [0.05, 0.1) is 9.80 Å². The zero-order valence-corrected chi connectivity index (χ0v) is 16.9. The standard InChI is InChI=1S/C23H18O6S/c1-15-2-6-18(7-3-15)30(24,25)23(17-5-9-20-22(12-17)29-14-27-20)11-16-4-8-19-21(10-16)28-13-26-19/h2-12H,13-14H2,1H3/b23-11+. The first kappa shape index (κ1) is 18.6. The number of benzene rings is 3. The first-order chi connectivity index (χ1) is 14.5. The second-order valence-electron chi connectivity index (χ2n) is 7.01. The molecule has 3 aromatic rings. The van der Waals surface area contributed by atoms with E-state index < -0.39 is 9.84 Å². The minimum atomic E-state index is -3.81. The van der Waals surface area contributed by atoms with Crippen LogP contribution in [0.3, 0.4) is 0 Å². The van der Waals surface area contributed by atoms with Crippen molar-refractivity contribution in [1.29, 1.82) is 0 Å². The van der Waals surface area contributed by atoms with Gasteiger partial charge in [0.15, 0.2) is 23.0 Å².